The summed E-state index contributed by atoms with van der Waals surface area (Å²) in [7, 11) is 0. The summed E-state index contributed by atoms with van der Waals surface area (Å²) >= 11 is 0. The SMILES string of the molecule is Cc1cccc(NC(=O)[C@H]2CCC(=O)N2)c1C. The van der Waals surface area contributed by atoms with Gasteiger partial charge in [-0.2, -0.15) is 0 Å². The molecule has 2 rings (SSSR count). The second-order valence-corrected chi connectivity index (χ2v) is 4.40. The Labute approximate surface area is 100 Å². The lowest BCUT2D eigenvalue weighted by Gasteiger charge is -2.13. The Morgan fingerprint density at radius 3 is 2.82 bits per heavy atom. The normalized spacial score (nSPS) is 18.9. The molecule has 1 atom stereocenters. The molecule has 17 heavy (non-hydrogen) atoms. The Kier molecular flexibility index (Phi) is 3.13. The van der Waals surface area contributed by atoms with Crippen molar-refractivity contribution in [2.75, 3.05) is 5.32 Å². The molecule has 0 saturated carbocycles. The summed E-state index contributed by atoms with van der Waals surface area (Å²) in [6, 6.07) is 5.40. The van der Waals surface area contributed by atoms with E-state index in [0.717, 1.165) is 16.8 Å². The Hall–Kier alpha value is -1.84. The van der Waals surface area contributed by atoms with E-state index in [2.05, 4.69) is 10.6 Å². The molecule has 4 nitrogen and oxygen atoms in total. The van der Waals surface area contributed by atoms with Gasteiger partial charge < -0.3 is 10.6 Å². The first-order valence-electron chi connectivity index (χ1n) is 5.74. The van der Waals surface area contributed by atoms with Crippen LogP contribution in [0.3, 0.4) is 0 Å². The monoisotopic (exact) mass is 232 g/mol. The summed E-state index contributed by atoms with van der Waals surface area (Å²) in [5, 5.41) is 5.52. The standard InChI is InChI=1S/C13H16N2O2/c1-8-4-3-5-10(9(8)2)15-13(17)11-6-7-12(16)14-11/h3-5,11H,6-7H2,1-2H3,(H,14,16)(H,15,17)/t11-/m1/s1. The molecule has 1 fully saturated rings. The summed E-state index contributed by atoms with van der Waals surface area (Å²) in [6.45, 7) is 3.97. The van der Waals surface area contributed by atoms with Crippen LogP contribution in [-0.2, 0) is 9.59 Å². The maximum Gasteiger partial charge on any atom is 0.246 e. The molecular weight excluding hydrogens is 216 g/mol. The van der Waals surface area contributed by atoms with Crippen molar-refractivity contribution in [1.82, 2.24) is 5.32 Å². The van der Waals surface area contributed by atoms with Gasteiger partial charge in [0.25, 0.3) is 0 Å². The second kappa shape index (κ2) is 4.57. The van der Waals surface area contributed by atoms with E-state index in [1.54, 1.807) is 0 Å². The second-order valence-electron chi connectivity index (χ2n) is 4.40. The molecule has 0 spiro atoms. The molecule has 2 N–H and O–H groups in total. The fraction of sp³-hybridized carbons (Fsp3) is 0.385. The smallest absolute Gasteiger partial charge is 0.246 e. The van der Waals surface area contributed by atoms with Crippen molar-refractivity contribution >= 4 is 17.5 Å². The van der Waals surface area contributed by atoms with Gasteiger partial charge in [0.2, 0.25) is 11.8 Å². The zero-order chi connectivity index (χ0) is 12.4. The largest absolute Gasteiger partial charge is 0.344 e. The van der Waals surface area contributed by atoms with Gasteiger partial charge in [0, 0.05) is 12.1 Å². The third-order valence-corrected chi connectivity index (χ3v) is 3.17. The number of anilines is 1. The molecule has 0 bridgehead atoms. The van der Waals surface area contributed by atoms with Crippen molar-refractivity contribution in [3.63, 3.8) is 0 Å². The molecule has 1 aromatic rings. The highest BCUT2D eigenvalue weighted by Gasteiger charge is 2.27. The van der Waals surface area contributed by atoms with Gasteiger partial charge >= 0.3 is 0 Å². The van der Waals surface area contributed by atoms with Crippen molar-refractivity contribution in [2.24, 2.45) is 0 Å². The average molecular weight is 232 g/mol. The summed E-state index contributed by atoms with van der Waals surface area (Å²) in [5.74, 6) is -0.185. The van der Waals surface area contributed by atoms with Crippen LogP contribution in [0.5, 0.6) is 0 Å². The molecule has 1 aliphatic rings. The number of hydrogen-bond acceptors (Lipinski definition) is 2. The predicted molar refractivity (Wildman–Crippen MR) is 65.7 cm³/mol. The minimum atomic E-state index is -0.387. The maximum atomic E-state index is 11.9. The Bertz CT molecular complexity index is 468. The van der Waals surface area contributed by atoms with E-state index in [0.29, 0.717) is 12.8 Å². The molecule has 4 heteroatoms. The van der Waals surface area contributed by atoms with E-state index in [4.69, 9.17) is 0 Å². The Morgan fingerprint density at radius 1 is 1.41 bits per heavy atom. The van der Waals surface area contributed by atoms with E-state index >= 15 is 0 Å². The zero-order valence-corrected chi connectivity index (χ0v) is 10.0. The first kappa shape index (κ1) is 11.6. The minimum Gasteiger partial charge on any atom is -0.344 e. The molecular formula is C13H16N2O2. The van der Waals surface area contributed by atoms with Crippen molar-refractivity contribution in [2.45, 2.75) is 32.7 Å². The van der Waals surface area contributed by atoms with Crippen molar-refractivity contribution in [1.29, 1.82) is 0 Å². The van der Waals surface area contributed by atoms with Crippen molar-refractivity contribution in [3.05, 3.63) is 29.3 Å². The quantitative estimate of drug-likeness (QED) is 0.812. The molecule has 90 valence electrons. The minimum absolute atomic E-state index is 0.0499. The summed E-state index contributed by atoms with van der Waals surface area (Å²) in [6.07, 6.45) is 1.01. The first-order chi connectivity index (χ1) is 8.08. The topological polar surface area (TPSA) is 58.2 Å². The van der Waals surface area contributed by atoms with Gasteiger partial charge in [-0.1, -0.05) is 12.1 Å². The van der Waals surface area contributed by atoms with Crippen LogP contribution in [0.4, 0.5) is 5.69 Å². The van der Waals surface area contributed by atoms with Gasteiger partial charge in [0.15, 0.2) is 0 Å². The number of hydrogen-bond donors (Lipinski definition) is 2. The third kappa shape index (κ3) is 2.46. The van der Waals surface area contributed by atoms with E-state index < -0.39 is 0 Å². The Balaban J connectivity index is 2.08. The lowest BCUT2D eigenvalue weighted by atomic mass is 10.1. The van der Waals surface area contributed by atoms with Gasteiger partial charge in [-0.3, -0.25) is 9.59 Å². The van der Waals surface area contributed by atoms with Crippen LogP contribution in [0.25, 0.3) is 0 Å². The van der Waals surface area contributed by atoms with Crippen LogP contribution in [0.1, 0.15) is 24.0 Å². The molecule has 0 aromatic heterocycles. The van der Waals surface area contributed by atoms with Crippen LogP contribution in [-0.4, -0.2) is 17.9 Å². The summed E-state index contributed by atoms with van der Waals surface area (Å²) in [4.78, 5) is 22.9. The van der Waals surface area contributed by atoms with Crippen molar-refractivity contribution in [3.8, 4) is 0 Å². The van der Waals surface area contributed by atoms with Crippen LogP contribution in [0.2, 0.25) is 0 Å². The molecule has 0 unspecified atom stereocenters. The molecule has 1 aliphatic heterocycles. The third-order valence-electron chi connectivity index (χ3n) is 3.17. The van der Waals surface area contributed by atoms with Crippen LogP contribution < -0.4 is 10.6 Å². The summed E-state index contributed by atoms with van der Waals surface area (Å²) in [5.41, 5.74) is 3.01. The predicted octanol–water partition coefficient (Wildman–Crippen LogP) is 1.52. The van der Waals surface area contributed by atoms with Gasteiger partial charge in [-0.15, -0.1) is 0 Å². The van der Waals surface area contributed by atoms with Crippen molar-refractivity contribution < 1.29 is 9.59 Å². The number of carbonyl (C=O) groups excluding carboxylic acids is 2. The number of benzene rings is 1. The lowest BCUT2D eigenvalue weighted by molar-refractivity contribution is -0.122. The Morgan fingerprint density at radius 2 is 2.18 bits per heavy atom. The van der Waals surface area contributed by atoms with E-state index in [-0.39, 0.29) is 17.9 Å². The molecule has 1 aromatic carbocycles. The highest BCUT2D eigenvalue weighted by Crippen LogP contribution is 2.19. The molecule has 0 aliphatic carbocycles. The number of aryl methyl sites for hydroxylation is 1. The van der Waals surface area contributed by atoms with Gasteiger partial charge in [-0.05, 0) is 37.5 Å². The van der Waals surface area contributed by atoms with Crippen LogP contribution >= 0.6 is 0 Å². The average Bonchev–Trinajstić information content (AvgIpc) is 2.72. The molecule has 2 amide bonds. The number of amides is 2. The van der Waals surface area contributed by atoms with Gasteiger partial charge in [-0.25, -0.2) is 0 Å². The van der Waals surface area contributed by atoms with Gasteiger partial charge in [0.05, 0.1) is 0 Å². The van der Waals surface area contributed by atoms with E-state index in [1.165, 1.54) is 0 Å². The zero-order valence-electron chi connectivity index (χ0n) is 10.0. The molecule has 1 saturated heterocycles. The number of nitrogens with one attached hydrogen (secondary N) is 2. The molecule has 1 heterocycles. The molecule has 0 radical (unpaired) electrons. The van der Waals surface area contributed by atoms with E-state index in [1.807, 2.05) is 32.0 Å². The first-order valence-corrected chi connectivity index (χ1v) is 5.74. The summed E-state index contributed by atoms with van der Waals surface area (Å²) < 4.78 is 0. The fourth-order valence-corrected chi connectivity index (χ4v) is 1.92. The fourth-order valence-electron chi connectivity index (χ4n) is 1.92. The van der Waals surface area contributed by atoms with E-state index in [9.17, 15) is 9.59 Å². The maximum absolute atomic E-state index is 11.9. The highest BCUT2D eigenvalue weighted by molar-refractivity contribution is 5.99. The number of carbonyl (C=O) groups is 2. The lowest BCUT2D eigenvalue weighted by Crippen LogP contribution is -2.37. The van der Waals surface area contributed by atoms with Gasteiger partial charge in [0.1, 0.15) is 6.04 Å². The van der Waals surface area contributed by atoms with Crippen LogP contribution in [0.15, 0.2) is 18.2 Å². The highest BCUT2D eigenvalue weighted by atomic mass is 16.2. The van der Waals surface area contributed by atoms with Crippen LogP contribution in [0, 0.1) is 13.8 Å². The number of rotatable bonds is 2.